The zero-order valence-electron chi connectivity index (χ0n) is 16.1. The average molecular weight is 387 g/mol. The maximum absolute atomic E-state index is 14.2. The van der Waals surface area contributed by atoms with E-state index in [0.29, 0.717) is 29.7 Å². The van der Waals surface area contributed by atoms with E-state index in [1.165, 1.54) is 18.2 Å². The van der Waals surface area contributed by atoms with Crippen LogP contribution in [0.15, 0.2) is 42.5 Å². The molecule has 2 N–H and O–H groups in total. The van der Waals surface area contributed by atoms with Gasteiger partial charge in [-0.15, -0.1) is 0 Å². The number of piperidine rings is 1. The molecule has 4 rings (SSSR count). The standard InChI is InChI=1S/C22H27F2N3O/c1-28-19-8-9-21(24)17(11-19)14-27-10-2-3-16(13-27)22-20(12-25-26-22)15-4-6-18(23)7-5-15/h4-9,11,16,20,22,25-26H,2-3,10,12-14H2,1H3. The number of likely N-dealkylation sites (tertiary alicyclic amines) is 1. The van der Waals surface area contributed by atoms with Crippen LogP contribution in [0.4, 0.5) is 8.78 Å². The van der Waals surface area contributed by atoms with Crippen molar-refractivity contribution in [1.29, 1.82) is 0 Å². The fraction of sp³-hybridized carbons (Fsp3) is 0.455. The molecule has 6 heteroatoms. The number of benzene rings is 2. The fourth-order valence-electron chi connectivity index (χ4n) is 4.56. The third-order valence-electron chi connectivity index (χ3n) is 6.02. The Hall–Kier alpha value is -2.02. The first-order valence-electron chi connectivity index (χ1n) is 9.92. The summed E-state index contributed by atoms with van der Waals surface area (Å²) < 4.78 is 32.8. The Kier molecular flexibility index (Phi) is 5.90. The van der Waals surface area contributed by atoms with E-state index in [4.69, 9.17) is 4.74 Å². The molecule has 0 aliphatic carbocycles. The third-order valence-corrected chi connectivity index (χ3v) is 6.02. The van der Waals surface area contributed by atoms with Crippen molar-refractivity contribution in [2.75, 3.05) is 26.7 Å². The van der Waals surface area contributed by atoms with Crippen LogP contribution in [0, 0.1) is 17.6 Å². The highest BCUT2D eigenvalue weighted by atomic mass is 19.1. The topological polar surface area (TPSA) is 36.5 Å². The van der Waals surface area contributed by atoms with Crippen molar-refractivity contribution >= 4 is 0 Å². The minimum Gasteiger partial charge on any atom is -0.497 e. The van der Waals surface area contributed by atoms with Crippen LogP contribution in [0.1, 0.15) is 29.9 Å². The van der Waals surface area contributed by atoms with Gasteiger partial charge in [0.05, 0.1) is 7.11 Å². The zero-order chi connectivity index (χ0) is 19.5. The predicted molar refractivity (Wildman–Crippen MR) is 105 cm³/mol. The number of nitrogens with zero attached hydrogens (tertiary/aromatic N) is 1. The molecule has 3 atom stereocenters. The van der Waals surface area contributed by atoms with Gasteiger partial charge in [0.1, 0.15) is 17.4 Å². The van der Waals surface area contributed by atoms with E-state index in [1.54, 1.807) is 19.2 Å². The van der Waals surface area contributed by atoms with Crippen molar-refractivity contribution in [3.8, 4) is 5.75 Å². The average Bonchev–Trinajstić information content (AvgIpc) is 3.20. The van der Waals surface area contributed by atoms with Crippen molar-refractivity contribution in [3.05, 3.63) is 65.2 Å². The minimum absolute atomic E-state index is 0.187. The highest BCUT2D eigenvalue weighted by molar-refractivity contribution is 5.30. The van der Waals surface area contributed by atoms with E-state index in [9.17, 15) is 8.78 Å². The SMILES string of the molecule is COc1ccc(F)c(CN2CCCC(C3NNCC3c3ccc(F)cc3)C2)c1. The van der Waals surface area contributed by atoms with E-state index in [-0.39, 0.29) is 17.7 Å². The molecule has 0 aromatic heterocycles. The Morgan fingerprint density at radius 2 is 1.96 bits per heavy atom. The number of hydrogen-bond donors (Lipinski definition) is 2. The maximum Gasteiger partial charge on any atom is 0.127 e. The fourth-order valence-corrected chi connectivity index (χ4v) is 4.56. The van der Waals surface area contributed by atoms with Crippen molar-refractivity contribution in [2.45, 2.75) is 31.3 Å². The van der Waals surface area contributed by atoms with Gasteiger partial charge in [-0.25, -0.2) is 8.78 Å². The minimum atomic E-state index is -0.205. The van der Waals surface area contributed by atoms with Crippen LogP contribution in [0.2, 0.25) is 0 Å². The van der Waals surface area contributed by atoms with Crippen LogP contribution in [-0.2, 0) is 6.54 Å². The Morgan fingerprint density at radius 3 is 2.75 bits per heavy atom. The highest BCUT2D eigenvalue weighted by Gasteiger charge is 2.36. The molecule has 2 heterocycles. The number of halogens is 2. The molecule has 2 aromatic rings. The van der Waals surface area contributed by atoms with Crippen molar-refractivity contribution in [1.82, 2.24) is 15.8 Å². The second-order valence-corrected chi connectivity index (χ2v) is 7.80. The molecule has 0 amide bonds. The van der Waals surface area contributed by atoms with Gasteiger partial charge in [-0.1, -0.05) is 12.1 Å². The van der Waals surface area contributed by atoms with Crippen LogP contribution >= 0.6 is 0 Å². The van der Waals surface area contributed by atoms with Gasteiger partial charge in [0.15, 0.2) is 0 Å². The van der Waals surface area contributed by atoms with Gasteiger partial charge in [-0.3, -0.25) is 15.8 Å². The molecule has 3 unspecified atom stereocenters. The molecule has 2 fully saturated rings. The van der Waals surface area contributed by atoms with Crippen LogP contribution in [0.25, 0.3) is 0 Å². The molecule has 2 aliphatic heterocycles. The number of hydrogen-bond acceptors (Lipinski definition) is 4. The summed E-state index contributed by atoms with van der Waals surface area (Å²) in [5.74, 6) is 1.05. The zero-order valence-corrected chi connectivity index (χ0v) is 16.1. The van der Waals surface area contributed by atoms with Crippen LogP contribution in [0.3, 0.4) is 0 Å². The number of rotatable bonds is 5. The smallest absolute Gasteiger partial charge is 0.127 e. The Morgan fingerprint density at radius 1 is 1.14 bits per heavy atom. The first kappa shape index (κ1) is 19.3. The largest absolute Gasteiger partial charge is 0.497 e. The van der Waals surface area contributed by atoms with E-state index < -0.39 is 0 Å². The van der Waals surface area contributed by atoms with Crippen molar-refractivity contribution in [2.24, 2.45) is 5.92 Å². The lowest BCUT2D eigenvalue weighted by Crippen LogP contribution is -2.46. The molecule has 4 nitrogen and oxygen atoms in total. The molecule has 28 heavy (non-hydrogen) atoms. The summed E-state index contributed by atoms with van der Waals surface area (Å²) in [4.78, 5) is 2.33. The van der Waals surface area contributed by atoms with Crippen molar-refractivity contribution in [3.63, 3.8) is 0 Å². The first-order valence-corrected chi connectivity index (χ1v) is 9.92. The summed E-state index contributed by atoms with van der Waals surface area (Å²) in [7, 11) is 1.60. The number of methoxy groups -OCH3 is 1. The molecule has 2 aromatic carbocycles. The molecule has 2 saturated heterocycles. The predicted octanol–water partition coefficient (Wildman–Crippen LogP) is 3.45. The summed E-state index contributed by atoms with van der Waals surface area (Å²) in [5.41, 5.74) is 8.55. The van der Waals surface area contributed by atoms with E-state index in [2.05, 4.69) is 15.8 Å². The summed E-state index contributed by atoms with van der Waals surface area (Å²) in [6.45, 7) is 3.29. The van der Waals surface area contributed by atoms with Gasteiger partial charge in [0, 0.05) is 37.2 Å². The summed E-state index contributed by atoms with van der Waals surface area (Å²) in [6.07, 6.45) is 2.22. The van der Waals surface area contributed by atoms with Gasteiger partial charge in [-0.2, -0.15) is 0 Å². The third kappa shape index (κ3) is 4.19. The lowest BCUT2D eigenvalue weighted by atomic mass is 9.81. The monoisotopic (exact) mass is 387 g/mol. The van der Waals surface area contributed by atoms with E-state index >= 15 is 0 Å². The van der Waals surface area contributed by atoms with Gasteiger partial charge in [0.2, 0.25) is 0 Å². The molecule has 0 radical (unpaired) electrons. The molecule has 150 valence electrons. The highest BCUT2D eigenvalue weighted by Crippen LogP contribution is 2.32. The molecule has 0 spiro atoms. The van der Waals surface area contributed by atoms with Crippen LogP contribution in [-0.4, -0.2) is 37.7 Å². The second-order valence-electron chi connectivity index (χ2n) is 7.80. The Labute approximate surface area is 164 Å². The molecule has 0 bridgehead atoms. The number of nitrogens with one attached hydrogen (secondary N) is 2. The second kappa shape index (κ2) is 8.55. The van der Waals surface area contributed by atoms with Crippen LogP contribution in [0.5, 0.6) is 5.75 Å². The molecule has 2 aliphatic rings. The normalized spacial score (nSPS) is 25.8. The molecular formula is C22H27F2N3O. The molecular weight excluding hydrogens is 360 g/mol. The lowest BCUT2D eigenvalue weighted by molar-refractivity contribution is 0.138. The number of hydrazine groups is 1. The Balaban J connectivity index is 1.45. The first-order chi connectivity index (χ1) is 13.6. The lowest BCUT2D eigenvalue weighted by Gasteiger charge is -2.37. The number of ether oxygens (including phenoxy) is 1. The summed E-state index contributed by atoms with van der Waals surface area (Å²) in [5, 5.41) is 0. The van der Waals surface area contributed by atoms with E-state index in [1.807, 2.05) is 12.1 Å². The molecule has 0 saturated carbocycles. The van der Waals surface area contributed by atoms with Gasteiger partial charge < -0.3 is 4.74 Å². The van der Waals surface area contributed by atoms with E-state index in [0.717, 1.165) is 38.0 Å². The van der Waals surface area contributed by atoms with Crippen LogP contribution < -0.4 is 15.6 Å². The van der Waals surface area contributed by atoms with Gasteiger partial charge in [0.25, 0.3) is 0 Å². The Bertz CT molecular complexity index is 799. The maximum atomic E-state index is 14.2. The summed E-state index contributed by atoms with van der Waals surface area (Å²) >= 11 is 0. The van der Waals surface area contributed by atoms with Crippen molar-refractivity contribution < 1.29 is 13.5 Å². The quantitative estimate of drug-likeness (QED) is 0.824. The van der Waals surface area contributed by atoms with Gasteiger partial charge >= 0.3 is 0 Å². The van der Waals surface area contributed by atoms with Gasteiger partial charge in [-0.05, 0) is 61.2 Å². The summed E-state index contributed by atoms with van der Waals surface area (Å²) in [6, 6.07) is 12.0.